The number of aromatic nitrogens is 4. The number of benzene rings is 2. The predicted molar refractivity (Wildman–Crippen MR) is 159 cm³/mol. The predicted octanol–water partition coefficient (Wildman–Crippen LogP) is 7.53. The molecule has 3 N–H and O–H groups in total. The summed E-state index contributed by atoms with van der Waals surface area (Å²) in [6.45, 7) is 0. The van der Waals surface area contributed by atoms with Gasteiger partial charge in [0.25, 0.3) is 0 Å². The zero-order valence-corrected chi connectivity index (χ0v) is 24.9. The molecule has 0 radical (unpaired) electrons. The number of aromatic carboxylic acids is 1. The van der Waals surface area contributed by atoms with E-state index in [1.165, 1.54) is 26.1 Å². The van der Waals surface area contributed by atoms with Crippen molar-refractivity contribution in [3.05, 3.63) is 60.2 Å². The number of nitrogens with zero attached hydrogens (tertiary/aromatic N) is 2. The van der Waals surface area contributed by atoms with Crippen LogP contribution in [0.2, 0.25) is 0 Å². The lowest BCUT2D eigenvalue weighted by atomic mass is 10.2. The molecule has 10 nitrogen and oxygen atoms in total. The largest absolute Gasteiger partial charge is 0.493 e. The average Bonchev–Trinajstić information content (AvgIpc) is 3.85. The second kappa shape index (κ2) is 14.0. The van der Waals surface area contributed by atoms with Gasteiger partial charge in [-0.05, 0) is 87.8 Å². The van der Waals surface area contributed by atoms with E-state index < -0.39 is 17.8 Å². The van der Waals surface area contributed by atoms with Gasteiger partial charge in [-0.15, -0.1) is 0 Å². The number of carbonyl (C=O) groups is 1. The van der Waals surface area contributed by atoms with Gasteiger partial charge in [0.1, 0.15) is 11.6 Å². The molecule has 6 rings (SSSR count). The maximum atomic E-state index is 12.7. The Balaban J connectivity index is 0.000000178. The highest BCUT2D eigenvalue weighted by molar-refractivity contribution is 5.86. The third kappa shape index (κ3) is 7.89. The fourth-order valence-electron chi connectivity index (χ4n) is 5.40. The molecule has 2 heterocycles. The molecule has 13 heteroatoms. The van der Waals surface area contributed by atoms with Crippen LogP contribution in [0.25, 0.3) is 22.8 Å². The highest BCUT2D eigenvalue weighted by atomic mass is 19.4. The minimum Gasteiger partial charge on any atom is -0.493 e. The lowest BCUT2D eigenvalue weighted by molar-refractivity contribution is -0.140. The summed E-state index contributed by atoms with van der Waals surface area (Å²) in [6.07, 6.45) is 6.80. The zero-order chi connectivity index (χ0) is 32.0. The molecule has 2 aliphatic carbocycles. The lowest BCUT2D eigenvalue weighted by Crippen LogP contribution is -2.11. The third-order valence-electron chi connectivity index (χ3n) is 7.73. The van der Waals surface area contributed by atoms with Gasteiger partial charge >= 0.3 is 12.1 Å². The fourth-order valence-corrected chi connectivity index (χ4v) is 5.40. The van der Waals surface area contributed by atoms with Crippen molar-refractivity contribution in [2.24, 2.45) is 0 Å². The first-order chi connectivity index (χ1) is 21.6. The van der Waals surface area contributed by atoms with Crippen LogP contribution < -0.4 is 18.9 Å². The van der Waals surface area contributed by atoms with Gasteiger partial charge in [-0.1, -0.05) is 0 Å². The van der Waals surface area contributed by atoms with Crippen molar-refractivity contribution >= 4 is 5.97 Å². The molecule has 2 aromatic carbocycles. The number of H-pyrrole nitrogens is 2. The number of hydrogen-bond donors (Lipinski definition) is 3. The van der Waals surface area contributed by atoms with E-state index >= 15 is 0 Å². The van der Waals surface area contributed by atoms with Crippen LogP contribution in [-0.2, 0) is 6.18 Å². The molecule has 0 unspecified atom stereocenters. The number of halogens is 3. The first-order valence-corrected chi connectivity index (χ1v) is 14.8. The number of alkyl halides is 3. The quantitative estimate of drug-likeness (QED) is 0.173. The molecule has 0 bridgehead atoms. The molecule has 4 aromatic rings. The van der Waals surface area contributed by atoms with Crippen LogP contribution in [-0.4, -0.2) is 57.4 Å². The summed E-state index contributed by atoms with van der Waals surface area (Å²) in [5, 5.41) is 8.94. The Labute approximate surface area is 257 Å². The minimum atomic E-state index is -4.47. The molecule has 2 aliphatic rings. The normalized spacial score (nSPS) is 15.4. The number of hydrogen-bond acceptors (Lipinski definition) is 7. The van der Waals surface area contributed by atoms with Crippen molar-refractivity contribution in [2.45, 2.75) is 69.8 Å². The van der Waals surface area contributed by atoms with Gasteiger partial charge in [-0.2, -0.15) is 13.2 Å². The number of aromatic amines is 2. The molecule has 0 spiro atoms. The molecule has 2 saturated carbocycles. The van der Waals surface area contributed by atoms with Crippen LogP contribution in [0.4, 0.5) is 13.2 Å². The van der Waals surface area contributed by atoms with Crippen LogP contribution >= 0.6 is 0 Å². The molecule has 0 amide bonds. The summed E-state index contributed by atoms with van der Waals surface area (Å²) in [6, 6.07) is 10.5. The SMILES string of the molecule is COc1ccc(-c2nc(C(=O)O)c[nH]2)cc1OC1CCCC1.COc1ccc(-c2nc(C(F)(F)F)c[nH]2)cc1OC1CCCC1. The second-order valence-electron chi connectivity index (χ2n) is 10.9. The van der Waals surface area contributed by atoms with Crippen LogP contribution in [0.15, 0.2) is 48.8 Å². The van der Waals surface area contributed by atoms with Crippen molar-refractivity contribution in [3.63, 3.8) is 0 Å². The first kappa shape index (κ1) is 31.7. The first-order valence-electron chi connectivity index (χ1n) is 14.8. The van der Waals surface area contributed by atoms with Crippen LogP contribution in [0.3, 0.4) is 0 Å². The highest BCUT2D eigenvalue weighted by Gasteiger charge is 2.34. The Morgan fingerprint density at radius 3 is 1.62 bits per heavy atom. The van der Waals surface area contributed by atoms with Crippen molar-refractivity contribution in [3.8, 4) is 45.8 Å². The molecular weight excluding hydrogens is 593 g/mol. The maximum Gasteiger partial charge on any atom is 0.434 e. The molecule has 240 valence electrons. The number of carboxylic acids is 1. The Bertz CT molecular complexity index is 1590. The Morgan fingerprint density at radius 1 is 0.756 bits per heavy atom. The van der Waals surface area contributed by atoms with Crippen LogP contribution in [0.1, 0.15) is 67.5 Å². The molecule has 2 aromatic heterocycles. The standard InChI is InChI=1S/C16H17F3N2O2.C16H18N2O4/c1-22-12-7-6-10(8-13(12)23-11-4-2-3-5-11)15-20-9-14(21-15)16(17,18)19;1-21-13-7-6-10(15-17-9-12(18-15)16(19)20)8-14(13)22-11-4-2-3-5-11/h6-9,11H,2-5H2,1H3,(H,20,21);6-9,11H,2-5H2,1H3,(H,17,18)(H,19,20). The molecule has 45 heavy (non-hydrogen) atoms. The maximum absolute atomic E-state index is 12.7. The van der Waals surface area contributed by atoms with E-state index in [9.17, 15) is 18.0 Å². The van der Waals surface area contributed by atoms with E-state index in [1.54, 1.807) is 25.3 Å². The summed E-state index contributed by atoms with van der Waals surface area (Å²) >= 11 is 0. The van der Waals surface area contributed by atoms with Gasteiger partial charge < -0.3 is 34.0 Å². The summed E-state index contributed by atoms with van der Waals surface area (Å²) < 4.78 is 60.6. The summed E-state index contributed by atoms with van der Waals surface area (Å²) in [7, 11) is 3.14. The number of rotatable bonds is 9. The lowest BCUT2D eigenvalue weighted by Gasteiger charge is -2.16. The van der Waals surface area contributed by atoms with Gasteiger partial charge in [0, 0.05) is 23.5 Å². The summed E-state index contributed by atoms with van der Waals surface area (Å²) in [4.78, 5) is 24.0. The van der Waals surface area contributed by atoms with Gasteiger partial charge in [0.05, 0.1) is 26.4 Å². The molecular formula is C32H35F3N4O6. The average molecular weight is 629 g/mol. The second-order valence-corrected chi connectivity index (χ2v) is 10.9. The van der Waals surface area contributed by atoms with Gasteiger partial charge in [-0.3, -0.25) is 0 Å². The zero-order valence-electron chi connectivity index (χ0n) is 24.9. The van der Waals surface area contributed by atoms with Crippen molar-refractivity contribution in [2.75, 3.05) is 14.2 Å². The minimum absolute atomic E-state index is 0.0101. The van der Waals surface area contributed by atoms with E-state index in [0.717, 1.165) is 50.3 Å². The van der Waals surface area contributed by atoms with E-state index in [-0.39, 0.29) is 23.7 Å². The van der Waals surface area contributed by atoms with Crippen LogP contribution in [0, 0.1) is 0 Å². The summed E-state index contributed by atoms with van der Waals surface area (Å²) in [5.74, 6) is 2.01. The fraction of sp³-hybridized carbons (Fsp3) is 0.406. The van der Waals surface area contributed by atoms with Gasteiger partial charge in [0.15, 0.2) is 34.4 Å². The number of imidazole rings is 2. The van der Waals surface area contributed by atoms with E-state index in [2.05, 4.69) is 19.9 Å². The Kier molecular flexibility index (Phi) is 9.84. The monoisotopic (exact) mass is 628 g/mol. The summed E-state index contributed by atoms with van der Waals surface area (Å²) in [5.41, 5.74) is 0.334. The Hall–Kier alpha value is -4.68. The van der Waals surface area contributed by atoms with E-state index in [0.29, 0.717) is 34.4 Å². The van der Waals surface area contributed by atoms with Crippen molar-refractivity contribution in [1.29, 1.82) is 0 Å². The molecule has 0 atom stereocenters. The van der Waals surface area contributed by atoms with Crippen molar-refractivity contribution < 1.29 is 42.0 Å². The number of ether oxygens (including phenoxy) is 4. The van der Waals surface area contributed by atoms with Gasteiger partial charge in [-0.25, -0.2) is 14.8 Å². The number of nitrogens with one attached hydrogen (secondary N) is 2. The number of carboxylic acid groups (broad SMARTS) is 1. The Morgan fingerprint density at radius 2 is 1.22 bits per heavy atom. The smallest absolute Gasteiger partial charge is 0.434 e. The van der Waals surface area contributed by atoms with Crippen molar-refractivity contribution in [1.82, 2.24) is 19.9 Å². The number of methoxy groups -OCH3 is 2. The third-order valence-corrected chi connectivity index (χ3v) is 7.73. The topological polar surface area (TPSA) is 132 Å². The molecule has 2 fully saturated rings. The van der Waals surface area contributed by atoms with Crippen LogP contribution in [0.5, 0.6) is 23.0 Å². The van der Waals surface area contributed by atoms with E-state index in [4.69, 9.17) is 24.1 Å². The highest BCUT2D eigenvalue weighted by Crippen LogP contribution is 2.37. The van der Waals surface area contributed by atoms with Gasteiger partial charge in [0.2, 0.25) is 0 Å². The molecule has 0 saturated heterocycles. The molecule has 0 aliphatic heterocycles. The van der Waals surface area contributed by atoms with E-state index in [1.807, 2.05) is 18.2 Å².